The summed E-state index contributed by atoms with van der Waals surface area (Å²) in [6, 6.07) is 5.55. The molecule has 7 heteroatoms. The van der Waals surface area contributed by atoms with E-state index >= 15 is 0 Å². The van der Waals surface area contributed by atoms with Crippen molar-refractivity contribution < 1.29 is 18.0 Å². The predicted octanol–water partition coefficient (Wildman–Crippen LogP) is 2.29. The number of nitrogens with zero attached hydrogens (tertiary/aromatic N) is 2. The summed E-state index contributed by atoms with van der Waals surface area (Å²) in [5, 5.41) is 14.0. The third-order valence-corrected chi connectivity index (χ3v) is 4.88. The van der Waals surface area contributed by atoms with Gasteiger partial charge in [-0.15, -0.1) is 0 Å². The number of aryl methyl sites for hydroxylation is 3. The number of rotatable bonds is 7. The summed E-state index contributed by atoms with van der Waals surface area (Å²) >= 11 is 0. The van der Waals surface area contributed by atoms with Gasteiger partial charge < -0.3 is 9.63 Å². The minimum Gasteiger partial charge on any atom is -0.387 e. The first-order valence-electron chi connectivity index (χ1n) is 7.57. The van der Waals surface area contributed by atoms with Crippen LogP contribution in [0.3, 0.4) is 0 Å². The van der Waals surface area contributed by atoms with E-state index in [1.54, 1.807) is 12.1 Å². The number of aliphatic hydroxyl groups is 1. The Labute approximate surface area is 136 Å². The quantitative estimate of drug-likeness (QED) is 0.832. The van der Waals surface area contributed by atoms with Gasteiger partial charge in [0.25, 0.3) is 0 Å². The molecule has 1 aromatic heterocycles. The first-order chi connectivity index (χ1) is 10.8. The fourth-order valence-corrected chi connectivity index (χ4v) is 3.74. The van der Waals surface area contributed by atoms with Crippen LogP contribution in [0.2, 0.25) is 0 Å². The molecule has 23 heavy (non-hydrogen) atoms. The standard InChI is InChI=1S/C16H22N2O4S/c1-4-5-15-17-16(22-18-15)10-23(20,21)9-14(19)13-7-11(2)6-12(3)8-13/h6-8,14,19H,4-5,9-10H2,1-3H3. The fraction of sp³-hybridized carbons (Fsp3) is 0.500. The van der Waals surface area contributed by atoms with Crippen molar-refractivity contribution in [2.75, 3.05) is 5.75 Å². The Morgan fingerprint density at radius 1 is 1.22 bits per heavy atom. The Balaban J connectivity index is 2.07. The van der Waals surface area contributed by atoms with Crippen molar-refractivity contribution in [3.8, 4) is 0 Å². The summed E-state index contributed by atoms with van der Waals surface area (Å²) in [5.41, 5.74) is 2.57. The average molecular weight is 338 g/mol. The molecule has 0 aliphatic heterocycles. The third-order valence-electron chi connectivity index (χ3n) is 3.37. The van der Waals surface area contributed by atoms with Gasteiger partial charge in [0.1, 0.15) is 5.75 Å². The molecule has 2 aromatic rings. The number of hydrogen-bond acceptors (Lipinski definition) is 6. The highest BCUT2D eigenvalue weighted by atomic mass is 32.2. The van der Waals surface area contributed by atoms with E-state index in [4.69, 9.17) is 4.52 Å². The summed E-state index contributed by atoms with van der Waals surface area (Å²) in [6.07, 6.45) is 0.433. The molecule has 0 aliphatic rings. The lowest BCUT2D eigenvalue weighted by atomic mass is 10.0. The Hall–Kier alpha value is -1.73. The highest BCUT2D eigenvalue weighted by Crippen LogP contribution is 2.20. The van der Waals surface area contributed by atoms with E-state index in [0.29, 0.717) is 17.8 Å². The van der Waals surface area contributed by atoms with Crippen molar-refractivity contribution in [1.82, 2.24) is 10.1 Å². The number of sulfone groups is 1. The Bertz CT molecular complexity index is 748. The van der Waals surface area contributed by atoms with Crippen LogP contribution in [0.15, 0.2) is 22.7 Å². The molecule has 0 spiro atoms. The lowest BCUT2D eigenvalue weighted by Crippen LogP contribution is -2.17. The molecule has 0 saturated heterocycles. The van der Waals surface area contributed by atoms with Crippen LogP contribution in [0.5, 0.6) is 0 Å². The van der Waals surface area contributed by atoms with Gasteiger partial charge in [-0.05, 0) is 25.8 Å². The Morgan fingerprint density at radius 3 is 2.48 bits per heavy atom. The molecule has 1 atom stereocenters. The van der Waals surface area contributed by atoms with Crippen LogP contribution in [0.1, 0.15) is 47.9 Å². The maximum atomic E-state index is 12.2. The number of hydrogen-bond donors (Lipinski definition) is 1. The van der Waals surface area contributed by atoms with Crippen molar-refractivity contribution in [2.45, 2.75) is 45.5 Å². The van der Waals surface area contributed by atoms with Crippen molar-refractivity contribution in [1.29, 1.82) is 0 Å². The highest BCUT2D eigenvalue weighted by molar-refractivity contribution is 7.90. The van der Waals surface area contributed by atoms with E-state index in [9.17, 15) is 13.5 Å². The molecular formula is C16H22N2O4S. The minimum absolute atomic E-state index is 0.0704. The molecule has 0 fully saturated rings. The molecule has 0 aliphatic carbocycles. The smallest absolute Gasteiger partial charge is 0.241 e. The Morgan fingerprint density at radius 2 is 1.87 bits per heavy atom. The minimum atomic E-state index is -3.56. The van der Waals surface area contributed by atoms with Crippen molar-refractivity contribution in [2.24, 2.45) is 0 Å². The molecule has 0 bridgehead atoms. The van der Waals surface area contributed by atoms with E-state index in [1.807, 2.05) is 26.8 Å². The molecule has 0 saturated carbocycles. The normalized spacial score (nSPS) is 13.2. The summed E-state index contributed by atoms with van der Waals surface area (Å²) in [7, 11) is -3.56. The lowest BCUT2D eigenvalue weighted by molar-refractivity contribution is 0.201. The van der Waals surface area contributed by atoms with E-state index in [2.05, 4.69) is 10.1 Å². The number of aliphatic hydroxyl groups excluding tert-OH is 1. The van der Waals surface area contributed by atoms with Gasteiger partial charge >= 0.3 is 0 Å². The third kappa shape index (κ3) is 5.14. The van der Waals surface area contributed by atoms with Gasteiger partial charge in [0.2, 0.25) is 5.89 Å². The van der Waals surface area contributed by atoms with Gasteiger partial charge in [-0.1, -0.05) is 41.4 Å². The fourth-order valence-electron chi connectivity index (χ4n) is 2.46. The maximum Gasteiger partial charge on any atom is 0.241 e. The van der Waals surface area contributed by atoms with Gasteiger partial charge in [-0.25, -0.2) is 8.42 Å². The van der Waals surface area contributed by atoms with Gasteiger partial charge in [-0.3, -0.25) is 0 Å². The van der Waals surface area contributed by atoms with Crippen molar-refractivity contribution in [3.63, 3.8) is 0 Å². The van der Waals surface area contributed by atoms with Crippen LogP contribution in [0, 0.1) is 13.8 Å². The zero-order valence-electron chi connectivity index (χ0n) is 13.6. The molecule has 6 nitrogen and oxygen atoms in total. The van der Waals surface area contributed by atoms with Crippen LogP contribution in [0.25, 0.3) is 0 Å². The molecule has 2 rings (SSSR count). The molecular weight excluding hydrogens is 316 g/mol. The average Bonchev–Trinajstić information content (AvgIpc) is 2.84. The van der Waals surface area contributed by atoms with Crippen LogP contribution in [-0.2, 0) is 22.0 Å². The second-order valence-corrected chi connectivity index (χ2v) is 7.95. The summed E-state index contributed by atoms with van der Waals surface area (Å²) in [5.74, 6) is -0.152. The van der Waals surface area contributed by atoms with E-state index in [0.717, 1.165) is 17.5 Å². The van der Waals surface area contributed by atoms with Crippen LogP contribution < -0.4 is 0 Å². The van der Waals surface area contributed by atoms with Crippen molar-refractivity contribution in [3.05, 3.63) is 46.6 Å². The van der Waals surface area contributed by atoms with E-state index < -0.39 is 15.9 Å². The monoisotopic (exact) mass is 338 g/mol. The predicted molar refractivity (Wildman–Crippen MR) is 86.7 cm³/mol. The van der Waals surface area contributed by atoms with E-state index in [-0.39, 0.29) is 17.4 Å². The second kappa shape index (κ2) is 7.23. The zero-order valence-corrected chi connectivity index (χ0v) is 14.4. The SMILES string of the molecule is CCCc1noc(CS(=O)(=O)CC(O)c2cc(C)cc(C)c2)n1. The molecule has 0 radical (unpaired) electrons. The lowest BCUT2D eigenvalue weighted by Gasteiger charge is -2.12. The summed E-state index contributed by atoms with van der Waals surface area (Å²) in [6.45, 7) is 5.80. The topological polar surface area (TPSA) is 93.3 Å². The van der Waals surface area contributed by atoms with Crippen LogP contribution >= 0.6 is 0 Å². The first kappa shape index (κ1) is 17.6. The molecule has 1 aromatic carbocycles. The molecule has 126 valence electrons. The van der Waals surface area contributed by atoms with Gasteiger partial charge in [0.05, 0.1) is 11.9 Å². The number of benzene rings is 1. The maximum absolute atomic E-state index is 12.2. The second-order valence-electron chi connectivity index (χ2n) is 5.85. The first-order valence-corrected chi connectivity index (χ1v) is 9.39. The Kier molecular flexibility index (Phi) is 5.54. The molecule has 0 amide bonds. The molecule has 1 N–H and O–H groups in total. The highest BCUT2D eigenvalue weighted by Gasteiger charge is 2.22. The molecule has 1 heterocycles. The zero-order chi connectivity index (χ0) is 17.0. The number of aromatic nitrogens is 2. The van der Waals surface area contributed by atoms with E-state index in [1.165, 1.54) is 0 Å². The molecule has 1 unspecified atom stereocenters. The van der Waals surface area contributed by atoms with Crippen molar-refractivity contribution >= 4 is 9.84 Å². The van der Waals surface area contributed by atoms with Gasteiger partial charge in [0, 0.05) is 6.42 Å². The summed E-state index contributed by atoms with van der Waals surface area (Å²) in [4.78, 5) is 4.05. The van der Waals surface area contributed by atoms with Gasteiger partial charge in [-0.2, -0.15) is 4.98 Å². The largest absolute Gasteiger partial charge is 0.387 e. The van der Waals surface area contributed by atoms with Crippen LogP contribution in [-0.4, -0.2) is 29.4 Å². The van der Waals surface area contributed by atoms with Gasteiger partial charge in [0.15, 0.2) is 15.7 Å². The summed E-state index contributed by atoms with van der Waals surface area (Å²) < 4.78 is 29.4. The van der Waals surface area contributed by atoms with Crippen LogP contribution in [0.4, 0.5) is 0 Å².